The fraction of sp³-hybridized carbons (Fsp3) is 0.412. The van der Waals surface area contributed by atoms with Crippen LogP contribution in [0.25, 0.3) is 0 Å². The van der Waals surface area contributed by atoms with E-state index in [2.05, 4.69) is 10.5 Å². The summed E-state index contributed by atoms with van der Waals surface area (Å²) >= 11 is 5.80. The number of amides is 2. The van der Waals surface area contributed by atoms with Crippen molar-refractivity contribution in [2.45, 2.75) is 17.7 Å². The molecule has 1 N–H and O–H groups in total. The molecule has 0 aliphatic carbocycles. The van der Waals surface area contributed by atoms with Crippen LogP contribution in [0.3, 0.4) is 0 Å². The van der Waals surface area contributed by atoms with Gasteiger partial charge in [-0.15, -0.1) is 0 Å². The second kappa shape index (κ2) is 8.89. The number of nitrogens with zero attached hydrogens (tertiary/aromatic N) is 3. The van der Waals surface area contributed by atoms with Crippen LogP contribution in [-0.2, 0) is 29.1 Å². The van der Waals surface area contributed by atoms with Crippen molar-refractivity contribution >= 4 is 45.1 Å². The summed E-state index contributed by atoms with van der Waals surface area (Å²) in [5, 5.41) is 4.05. The van der Waals surface area contributed by atoms with Gasteiger partial charge in [0.05, 0.1) is 4.90 Å². The first-order valence-electron chi connectivity index (χ1n) is 8.83. The van der Waals surface area contributed by atoms with Gasteiger partial charge in [0.25, 0.3) is 5.91 Å². The zero-order chi connectivity index (χ0) is 21.0. The zero-order valence-electron chi connectivity index (χ0n) is 15.3. The van der Waals surface area contributed by atoms with E-state index in [0.717, 1.165) is 0 Å². The minimum atomic E-state index is -3.67. The third kappa shape index (κ3) is 5.11. The Kier molecular flexibility index (Phi) is 6.50. The Bertz CT molecular complexity index is 939. The first-order chi connectivity index (χ1) is 13.8. The molecule has 2 aliphatic rings. The van der Waals surface area contributed by atoms with Gasteiger partial charge in [0.1, 0.15) is 5.71 Å². The van der Waals surface area contributed by atoms with Gasteiger partial charge in [0.15, 0.2) is 6.61 Å². The average Bonchev–Trinajstić information content (AvgIpc) is 2.72. The molecule has 0 radical (unpaired) electrons. The third-order valence-electron chi connectivity index (χ3n) is 4.51. The van der Waals surface area contributed by atoms with Gasteiger partial charge in [0, 0.05) is 44.0 Å². The number of halogens is 1. The van der Waals surface area contributed by atoms with Crippen LogP contribution >= 0.6 is 11.6 Å². The maximum absolute atomic E-state index is 12.7. The predicted molar refractivity (Wildman–Crippen MR) is 103 cm³/mol. The van der Waals surface area contributed by atoms with Crippen LogP contribution in [-0.4, -0.2) is 73.9 Å². The van der Waals surface area contributed by atoms with Crippen molar-refractivity contribution in [3.8, 4) is 0 Å². The van der Waals surface area contributed by atoms with Crippen molar-refractivity contribution in [1.82, 2.24) is 14.6 Å². The molecule has 0 atom stereocenters. The minimum absolute atomic E-state index is 0.0521. The van der Waals surface area contributed by atoms with Crippen molar-refractivity contribution in [2.75, 3.05) is 32.8 Å². The largest absolute Gasteiger partial charge is 0.451 e. The maximum atomic E-state index is 12.7. The number of nitrogens with one attached hydrogen (secondary N) is 1. The van der Waals surface area contributed by atoms with Crippen molar-refractivity contribution in [3.05, 3.63) is 29.3 Å². The average molecular weight is 443 g/mol. The molecular weight excluding hydrogens is 424 g/mol. The number of ether oxygens (including phenoxy) is 1. The topological polar surface area (TPSA) is 125 Å². The molecule has 0 saturated carbocycles. The molecule has 2 heterocycles. The number of sulfonamides is 1. The summed E-state index contributed by atoms with van der Waals surface area (Å²) < 4.78 is 31.6. The van der Waals surface area contributed by atoms with E-state index in [1.165, 1.54) is 33.5 Å². The minimum Gasteiger partial charge on any atom is -0.451 e. The monoisotopic (exact) mass is 442 g/mol. The van der Waals surface area contributed by atoms with Gasteiger partial charge in [-0.2, -0.15) is 9.41 Å². The van der Waals surface area contributed by atoms with Crippen LogP contribution in [0.2, 0.25) is 5.02 Å². The quantitative estimate of drug-likeness (QED) is 0.639. The van der Waals surface area contributed by atoms with Gasteiger partial charge in [-0.25, -0.2) is 18.6 Å². The van der Waals surface area contributed by atoms with Crippen molar-refractivity contribution in [3.63, 3.8) is 0 Å². The maximum Gasteiger partial charge on any atom is 0.355 e. The Hall–Kier alpha value is -2.50. The number of benzene rings is 1. The molecule has 1 aromatic carbocycles. The van der Waals surface area contributed by atoms with Crippen LogP contribution in [0.5, 0.6) is 0 Å². The van der Waals surface area contributed by atoms with Gasteiger partial charge >= 0.3 is 5.97 Å². The summed E-state index contributed by atoms with van der Waals surface area (Å²) in [4.78, 5) is 36.7. The number of hydrogen-bond donors (Lipinski definition) is 1. The normalized spacial score (nSPS) is 18.0. The molecule has 1 aromatic rings. The smallest absolute Gasteiger partial charge is 0.355 e. The van der Waals surface area contributed by atoms with E-state index in [1.54, 1.807) is 0 Å². The van der Waals surface area contributed by atoms with E-state index in [0.29, 0.717) is 5.02 Å². The predicted octanol–water partition coefficient (Wildman–Crippen LogP) is -0.0179. The van der Waals surface area contributed by atoms with Crippen molar-refractivity contribution in [1.29, 1.82) is 0 Å². The molecule has 10 nitrogen and oxygen atoms in total. The second-order valence-electron chi connectivity index (χ2n) is 6.41. The summed E-state index contributed by atoms with van der Waals surface area (Å²) in [5.41, 5.74) is 2.23. The lowest BCUT2D eigenvalue weighted by molar-refractivity contribution is -0.147. The van der Waals surface area contributed by atoms with E-state index in [-0.39, 0.29) is 55.5 Å². The molecule has 0 spiro atoms. The van der Waals surface area contributed by atoms with Gasteiger partial charge in [-0.05, 0) is 24.3 Å². The van der Waals surface area contributed by atoms with Crippen molar-refractivity contribution in [2.24, 2.45) is 5.10 Å². The summed E-state index contributed by atoms with van der Waals surface area (Å²) in [6, 6.07) is 5.88. The zero-order valence-corrected chi connectivity index (χ0v) is 16.9. The molecular formula is C17H19ClN4O6S. The van der Waals surface area contributed by atoms with Crippen LogP contribution in [0.15, 0.2) is 34.3 Å². The Morgan fingerprint density at radius 1 is 1.10 bits per heavy atom. The molecule has 0 aromatic heterocycles. The van der Waals surface area contributed by atoms with Gasteiger partial charge in [0.2, 0.25) is 15.9 Å². The molecule has 12 heteroatoms. The standard InChI is InChI=1S/C17H19ClN4O6S/c18-12-1-3-13(4-2-12)29(26,27)22-9-7-21(8-10-22)16(24)11-28-17(25)14-5-6-15(23)20-19-14/h1-4H,5-11H2,(H,20,23). The second-order valence-corrected chi connectivity index (χ2v) is 8.78. The van der Waals surface area contributed by atoms with Gasteiger partial charge < -0.3 is 9.64 Å². The van der Waals surface area contributed by atoms with E-state index >= 15 is 0 Å². The van der Waals surface area contributed by atoms with E-state index in [1.807, 2.05) is 0 Å². The van der Waals surface area contributed by atoms with E-state index in [9.17, 15) is 22.8 Å². The molecule has 2 amide bonds. The number of carbonyl (C=O) groups is 3. The lowest BCUT2D eigenvalue weighted by Crippen LogP contribution is -2.51. The Morgan fingerprint density at radius 3 is 2.34 bits per heavy atom. The number of esters is 1. The molecule has 2 aliphatic heterocycles. The molecule has 1 saturated heterocycles. The Morgan fingerprint density at radius 2 is 1.76 bits per heavy atom. The summed E-state index contributed by atoms with van der Waals surface area (Å²) in [7, 11) is -3.67. The van der Waals surface area contributed by atoms with Crippen LogP contribution in [0.4, 0.5) is 0 Å². The van der Waals surface area contributed by atoms with Crippen LogP contribution in [0, 0.1) is 0 Å². The highest BCUT2D eigenvalue weighted by Crippen LogP contribution is 2.20. The number of carbonyl (C=O) groups excluding carboxylic acids is 3. The molecule has 3 rings (SSSR count). The molecule has 1 fully saturated rings. The Balaban J connectivity index is 1.50. The summed E-state index contributed by atoms with van der Waals surface area (Å²) in [5.74, 6) is -1.48. The van der Waals surface area contributed by atoms with E-state index in [4.69, 9.17) is 16.3 Å². The highest BCUT2D eigenvalue weighted by molar-refractivity contribution is 7.89. The fourth-order valence-electron chi connectivity index (χ4n) is 2.86. The molecule has 0 bridgehead atoms. The SMILES string of the molecule is O=C1CCC(C(=O)OCC(=O)N2CCN(S(=O)(=O)c3ccc(Cl)cc3)CC2)=NN1. The highest BCUT2D eigenvalue weighted by Gasteiger charge is 2.30. The van der Waals surface area contributed by atoms with Crippen molar-refractivity contribution < 1.29 is 27.5 Å². The molecule has 29 heavy (non-hydrogen) atoms. The molecule has 0 unspecified atom stereocenters. The number of rotatable bonds is 5. The highest BCUT2D eigenvalue weighted by atomic mass is 35.5. The summed E-state index contributed by atoms with van der Waals surface area (Å²) in [6.07, 6.45) is 0.284. The number of piperazine rings is 1. The fourth-order valence-corrected chi connectivity index (χ4v) is 4.40. The first kappa shape index (κ1) is 21.2. The van der Waals surface area contributed by atoms with Gasteiger partial charge in [-0.1, -0.05) is 11.6 Å². The number of hydrazone groups is 1. The number of hydrogen-bond acceptors (Lipinski definition) is 7. The Labute approximate surface area is 172 Å². The molecule has 156 valence electrons. The summed E-state index contributed by atoms with van der Waals surface area (Å²) in [6.45, 7) is 0.142. The first-order valence-corrected chi connectivity index (χ1v) is 10.6. The van der Waals surface area contributed by atoms with Crippen LogP contribution in [0.1, 0.15) is 12.8 Å². The lowest BCUT2D eigenvalue weighted by Gasteiger charge is -2.33. The van der Waals surface area contributed by atoms with Gasteiger partial charge in [-0.3, -0.25) is 9.59 Å². The lowest BCUT2D eigenvalue weighted by atomic mass is 10.2. The van der Waals surface area contributed by atoms with Crippen LogP contribution < -0.4 is 5.43 Å². The third-order valence-corrected chi connectivity index (χ3v) is 6.67. The van der Waals surface area contributed by atoms with E-state index < -0.39 is 28.5 Å².